The quantitative estimate of drug-likeness (QED) is 0.0404. The number of carbonyl (C=O) groups is 4. The van der Waals surface area contributed by atoms with Crippen LogP contribution in [0.2, 0.25) is 0 Å². The molecule has 0 aliphatic heterocycles. The van der Waals surface area contributed by atoms with Crippen LogP contribution < -0.4 is 0 Å². The molecule has 10 unspecified atom stereocenters. The molecule has 9 nitrogen and oxygen atoms in total. The fourth-order valence-corrected chi connectivity index (χ4v) is 10.1. The van der Waals surface area contributed by atoms with Crippen molar-refractivity contribution in [3.8, 4) is 5.75 Å². The lowest BCUT2D eigenvalue weighted by Crippen LogP contribution is -2.05. The summed E-state index contributed by atoms with van der Waals surface area (Å²) in [7, 11) is 1.58. The number of carbonyl (C=O) groups excluding carboxylic acids is 3. The van der Waals surface area contributed by atoms with Gasteiger partial charge in [0.1, 0.15) is 52.8 Å². The predicted molar refractivity (Wildman–Crippen MR) is 295 cm³/mol. The molecule has 0 saturated heterocycles. The largest absolute Gasteiger partial charge is 0.505 e. The van der Waals surface area contributed by atoms with Crippen LogP contribution in [0, 0.1) is 115 Å². The Balaban J connectivity index is 0.000000192. The number of hydrogen-bond donors (Lipinski definition) is 2. The molecule has 0 aromatic heterocycles. The van der Waals surface area contributed by atoms with Gasteiger partial charge >= 0.3 is 17.9 Å². The van der Waals surface area contributed by atoms with Crippen molar-refractivity contribution in [2.24, 2.45) is 29.6 Å². The number of phenols is 1. The number of ether oxygens (including phenoxy) is 3. The highest BCUT2D eigenvalue weighted by atomic mass is 35.5. The lowest BCUT2D eigenvalue weighted by atomic mass is 10.1. The van der Waals surface area contributed by atoms with Crippen molar-refractivity contribution in [3.05, 3.63) is 181 Å². The van der Waals surface area contributed by atoms with Crippen molar-refractivity contribution in [3.63, 3.8) is 0 Å². The predicted octanol–water partition coefficient (Wildman–Crippen LogP) is 15.8. The van der Waals surface area contributed by atoms with Crippen molar-refractivity contribution in [1.82, 2.24) is 0 Å². The van der Waals surface area contributed by atoms with Gasteiger partial charge in [-0.15, -0.1) is 12.4 Å². The average molecular weight is 1210 g/mol. The zero-order valence-corrected chi connectivity index (χ0v) is 48.3. The zero-order valence-electron chi connectivity index (χ0n) is 47.5. The third-order valence-electron chi connectivity index (χ3n) is 15.7. The smallest absolute Gasteiger partial charge is 0.306 e. The minimum atomic E-state index is -0.966. The van der Waals surface area contributed by atoms with E-state index < -0.39 is 69.9 Å². The number of carboxylic acid groups (broad SMARTS) is 1. The standard InChI is InChI=1S/C14H16F2O2.C13H14F2O3.C13H14F2O.C12H12F2O2.C12H12F2O.ClH/c1-3-18-14(17)7-9-4-11(9)10-5-12(15)8(2)13(16)6-10;1-2-18-12(16)6-7-3-9(7)8-4-10(14)13(17)11(15)5-8;1-8-12(14)6-10(7-13(8)15)11-5-9(11)3-4-16-2;1-6-10(13)3-8(4-11(6)14)9-2-7(9)5-12(15)16;1-7-11(13)5-9(6-12(7)14)10-4-8(10)2-3-15;/h5-6,9,11H,3-4,7H2,1-2H3;4-5,7,9,17H,2-3,6H2,1H3;3-4,6-7,9,11H,5H2,1-2H3;3-4,7,9H,2,5H2,1H3,(H,15,16);3,5-6,8,10H,2,4H2,1H3;1H. The van der Waals surface area contributed by atoms with Gasteiger partial charge in [0.15, 0.2) is 17.4 Å². The number of allylic oxidation sites excluding steroid dienone is 1. The maximum absolute atomic E-state index is 13.4. The highest BCUT2D eigenvalue weighted by molar-refractivity contribution is 5.85. The second-order valence-corrected chi connectivity index (χ2v) is 21.8. The van der Waals surface area contributed by atoms with E-state index in [1.807, 2.05) is 6.08 Å². The van der Waals surface area contributed by atoms with Gasteiger partial charge in [0.05, 0.1) is 26.6 Å². The second kappa shape index (κ2) is 30.3. The van der Waals surface area contributed by atoms with Crippen LogP contribution in [0.3, 0.4) is 0 Å². The van der Waals surface area contributed by atoms with E-state index in [9.17, 15) is 63.1 Å². The van der Waals surface area contributed by atoms with Crippen LogP contribution in [0.4, 0.5) is 43.9 Å². The molecule has 5 fully saturated rings. The number of hydrogen-bond acceptors (Lipinski definition) is 8. The van der Waals surface area contributed by atoms with Crippen LogP contribution in [-0.4, -0.2) is 54.7 Å². The van der Waals surface area contributed by atoms with E-state index in [4.69, 9.17) is 24.4 Å². The third-order valence-corrected chi connectivity index (χ3v) is 15.7. The van der Waals surface area contributed by atoms with Gasteiger partial charge in [-0.3, -0.25) is 14.4 Å². The molecule has 10 rings (SSSR count). The summed E-state index contributed by atoms with van der Waals surface area (Å²) >= 11 is 0. The summed E-state index contributed by atoms with van der Waals surface area (Å²) in [4.78, 5) is 43.3. The Morgan fingerprint density at radius 1 is 0.476 bits per heavy atom. The Morgan fingerprint density at radius 3 is 1.06 bits per heavy atom. The first kappa shape index (κ1) is 67.9. The molecule has 5 saturated carbocycles. The summed E-state index contributed by atoms with van der Waals surface area (Å²) in [6, 6.07) is 13.2. The Bertz CT molecular complexity index is 2990. The summed E-state index contributed by atoms with van der Waals surface area (Å²) in [5.41, 5.74) is 3.34. The second-order valence-electron chi connectivity index (χ2n) is 21.8. The van der Waals surface area contributed by atoms with E-state index in [2.05, 4.69) is 0 Å². The van der Waals surface area contributed by atoms with Gasteiger partial charge in [-0.2, -0.15) is 0 Å². The first-order valence-electron chi connectivity index (χ1n) is 27.5. The number of aldehydes is 1. The lowest BCUT2D eigenvalue weighted by molar-refractivity contribution is -0.144. The molecule has 0 radical (unpaired) electrons. The molecule has 0 bridgehead atoms. The Kier molecular flexibility index (Phi) is 24.5. The van der Waals surface area contributed by atoms with Gasteiger partial charge in [0, 0.05) is 47.9 Å². The van der Waals surface area contributed by atoms with E-state index in [0.717, 1.165) is 43.2 Å². The number of benzene rings is 5. The van der Waals surface area contributed by atoms with Crippen molar-refractivity contribution in [2.75, 3.05) is 20.3 Å². The fourth-order valence-electron chi connectivity index (χ4n) is 10.1. The van der Waals surface area contributed by atoms with E-state index in [0.29, 0.717) is 67.1 Å². The summed E-state index contributed by atoms with van der Waals surface area (Å²) in [6.07, 6.45) is 9.57. The van der Waals surface area contributed by atoms with Crippen LogP contribution >= 0.6 is 12.4 Å². The van der Waals surface area contributed by atoms with Crippen molar-refractivity contribution < 1.29 is 87.5 Å². The fraction of sp³-hybridized carbons (Fsp3) is 0.438. The van der Waals surface area contributed by atoms with Gasteiger partial charge in [0.25, 0.3) is 0 Å². The van der Waals surface area contributed by atoms with Gasteiger partial charge < -0.3 is 29.2 Å². The van der Waals surface area contributed by atoms with Crippen LogP contribution in [0.25, 0.3) is 0 Å². The summed E-state index contributed by atoms with van der Waals surface area (Å²) < 4.78 is 147. The van der Waals surface area contributed by atoms with Crippen LogP contribution in [0.1, 0.15) is 151 Å². The van der Waals surface area contributed by atoms with E-state index in [1.165, 1.54) is 76.2 Å². The SMILES string of the molecule is CCOC(=O)CC1CC1c1cc(F)c(C)c(F)c1.CCOC(=O)CC1CC1c1cc(F)c(O)c(F)c1.COC=CC1CC1c1cc(F)c(C)c(F)c1.Cc1c(F)cc(C2CC2CC(=O)O)cc1F.Cc1c(F)cc(C2CC2CC=O)cc1F.Cl. The van der Waals surface area contributed by atoms with Gasteiger partial charge in [-0.25, -0.2) is 43.9 Å². The summed E-state index contributed by atoms with van der Waals surface area (Å²) in [6.45, 7) is 9.85. The van der Waals surface area contributed by atoms with Crippen LogP contribution in [0.15, 0.2) is 73.0 Å². The van der Waals surface area contributed by atoms with Gasteiger partial charge in [-0.05, 0) is 227 Å². The number of aliphatic carboxylic acids is 1. The molecule has 0 amide bonds. The number of methoxy groups -OCH3 is 1. The first-order valence-corrected chi connectivity index (χ1v) is 27.5. The molecule has 0 heterocycles. The highest BCUT2D eigenvalue weighted by Crippen LogP contribution is 2.53. The Labute approximate surface area is 488 Å². The van der Waals surface area contributed by atoms with E-state index in [-0.39, 0.29) is 113 Å². The maximum Gasteiger partial charge on any atom is 0.306 e. The zero-order chi connectivity index (χ0) is 61.1. The van der Waals surface area contributed by atoms with Crippen molar-refractivity contribution in [1.29, 1.82) is 0 Å². The number of aromatic hydroxyl groups is 1. The molecular formula is C64H69ClF10O9. The Morgan fingerprint density at radius 2 is 0.762 bits per heavy atom. The molecule has 5 aromatic rings. The minimum absolute atomic E-state index is 0. The third kappa shape index (κ3) is 18.8. The summed E-state index contributed by atoms with van der Waals surface area (Å²) in [5, 5.41) is 17.6. The molecule has 2 N–H and O–H groups in total. The van der Waals surface area contributed by atoms with Gasteiger partial charge in [0.2, 0.25) is 0 Å². The molecule has 456 valence electrons. The topological polar surface area (TPSA) is 136 Å². The molecule has 5 aromatic carbocycles. The molecule has 5 aliphatic rings. The van der Waals surface area contributed by atoms with Crippen LogP contribution in [0.5, 0.6) is 5.75 Å². The summed E-state index contributed by atoms with van der Waals surface area (Å²) in [5.74, 6) is -7.01. The van der Waals surface area contributed by atoms with Gasteiger partial charge in [-0.1, -0.05) is 0 Å². The molecule has 5 aliphatic carbocycles. The number of halogens is 11. The first-order chi connectivity index (χ1) is 39.3. The number of carboxylic acids is 1. The van der Waals surface area contributed by atoms with Crippen LogP contribution in [-0.2, 0) is 33.4 Å². The molecule has 84 heavy (non-hydrogen) atoms. The highest BCUT2D eigenvalue weighted by Gasteiger charge is 2.43. The molecule has 10 atom stereocenters. The lowest BCUT2D eigenvalue weighted by Gasteiger charge is -2.05. The molecular weight excluding hydrogens is 1140 g/mol. The number of rotatable bonds is 17. The average Bonchev–Trinajstić information content (AvgIpc) is 3.74. The monoisotopic (exact) mass is 1210 g/mol. The van der Waals surface area contributed by atoms with Crippen molar-refractivity contribution in [2.45, 2.75) is 129 Å². The number of esters is 2. The van der Waals surface area contributed by atoms with Crippen molar-refractivity contribution >= 4 is 36.6 Å². The molecule has 0 spiro atoms. The maximum atomic E-state index is 13.4. The normalized spacial score (nSPS) is 22.5. The molecule has 20 heteroatoms. The minimum Gasteiger partial charge on any atom is -0.505 e. The van der Waals surface area contributed by atoms with E-state index >= 15 is 0 Å². The van der Waals surface area contributed by atoms with E-state index in [1.54, 1.807) is 27.2 Å². The Hall–Kier alpha value is -6.89. The number of phenolic OH excluding ortho intramolecular Hbond substituents is 1.